The number of ketones is 2. The number of hydrogen-bond donors (Lipinski definition) is 2. The summed E-state index contributed by atoms with van der Waals surface area (Å²) in [4.78, 5) is 50.7. The molecular weight excluding hydrogens is 782 g/mol. The summed E-state index contributed by atoms with van der Waals surface area (Å²) in [5.41, 5.74) is -0.894. The Hall–Kier alpha value is -7.04. The maximum absolute atomic E-state index is 13.4. The number of ether oxygens (including phenoxy) is 1. The van der Waals surface area contributed by atoms with Crippen molar-refractivity contribution < 1.29 is 40.7 Å². The van der Waals surface area contributed by atoms with E-state index < -0.39 is 46.5 Å². The molecule has 0 fully saturated rings. The van der Waals surface area contributed by atoms with Gasteiger partial charge in [0.05, 0.1) is 22.4 Å². The average Bonchev–Trinajstić information content (AvgIpc) is 3.19. The Morgan fingerprint density at radius 1 is 0.627 bits per heavy atom. The largest absolute Gasteiger partial charge is 0.573 e. The minimum absolute atomic E-state index is 0.0529. The Balaban J connectivity index is 0.000000224. The molecule has 0 aliphatic heterocycles. The molecule has 11 nitrogen and oxygen atoms in total. The lowest BCUT2D eigenvalue weighted by Gasteiger charge is -2.18. The molecule has 17 heteroatoms. The van der Waals surface area contributed by atoms with Gasteiger partial charge in [-0.15, -0.1) is 13.2 Å². The van der Waals surface area contributed by atoms with E-state index in [0.717, 1.165) is 22.9 Å². The van der Waals surface area contributed by atoms with E-state index in [9.17, 15) is 45.5 Å². The third kappa shape index (κ3) is 10.3. The maximum atomic E-state index is 13.4. The Bertz CT molecular complexity index is 2590. The monoisotopic (exact) mass is 818 g/mol. The van der Waals surface area contributed by atoms with Crippen molar-refractivity contribution in [1.82, 2.24) is 19.6 Å². The van der Waals surface area contributed by atoms with Crippen LogP contribution in [-0.4, -0.2) is 37.5 Å². The van der Waals surface area contributed by atoms with E-state index in [4.69, 9.17) is 0 Å². The van der Waals surface area contributed by atoms with Gasteiger partial charge in [0.1, 0.15) is 28.5 Å². The minimum Gasteiger partial charge on any atom is -0.406 e. The van der Waals surface area contributed by atoms with Crippen LogP contribution in [-0.2, 0) is 19.3 Å². The van der Waals surface area contributed by atoms with Crippen LogP contribution >= 0.6 is 0 Å². The lowest BCUT2D eigenvalue weighted by Crippen LogP contribution is -2.28. The normalized spacial score (nSPS) is 11.3. The fraction of sp³-hybridized carbons (Fsp3) is 0.190. The predicted molar refractivity (Wildman–Crippen MR) is 210 cm³/mol. The van der Waals surface area contributed by atoms with Gasteiger partial charge in [0.15, 0.2) is 11.6 Å². The van der Waals surface area contributed by atoms with Gasteiger partial charge < -0.3 is 15.4 Å². The fourth-order valence-electron chi connectivity index (χ4n) is 5.97. The number of aromatic nitrogens is 4. The van der Waals surface area contributed by atoms with Gasteiger partial charge in [0.2, 0.25) is 0 Å². The predicted octanol–water partition coefficient (Wildman–Crippen LogP) is 9.67. The fourth-order valence-corrected chi connectivity index (χ4v) is 5.97. The van der Waals surface area contributed by atoms with Gasteiger partial charge in [-0.3, -0.25) is 19.2 Å². The molecule has 2 N–H and O–H groups in total. The summed E-state index contributed by atoms with van der Waals surface area (Å²) < 4.78 is 84.0. The molecule has 6 aromatic rings. The van der Waals surface area contributed by atoms with Gasteiger partial charge >= 0.3 is 12.5 Å². The summed E-state index contributed by atoms with van der Waals surface area (Å²) in [6, 6.07) is 27.4. The maximum Gasteiger partial charge on any atom is 0.573 e. The van der Waals surface area contributed by atoms with Gasteiger partial charge in [0, 0.05) is 36.0 Å². The number of Topliss-reactive ketones (excluding diaryl/α,β-unsaturated/α-hetero) is 2. The summed E-state index contributed by atoms with van der Waals surface area (Å²) in [5.74, 6) is -1.35. The van der Waals surface area contributed by atoms with Crippen LogP contribution in [0.1, 0.15) is 54.0 Å². The molecule has 59 heavy (non-hydrogen) atoms. The SMILES string of the molecule is CCn1nc(-c2ccccc2)c(C(C)=O)c(Nc2cccc(OC(F)(F)F)c2)c1=O.CCn1nc(-c2ccccc2)c(C(C)=O)c(Nc2ccccc2C(F)(F)F)c1=O. The van der Waals surface area contributed by atoms with Crippen LogP contribution in [0.3, 0.4) is 0 Å². The number of hydrogen-bond acceptors (Lipinski definition) is 9. The van der Waals surface area contributed by atoms with Crippen LogP contribution < -0.4 is 26.5 Å². The lowest BCUT2D eigenvalue weighted by atomic mass is 10.0. The molecule has 0 spiro atoms. The number of benzene rings is 4. The number of nitrogens with one attached hydrogen (secondary N) is 2. The Morgan fingerprint density at radius 2 is 1.08 bits per heavy atom. The van der Waals surface area contributed by atoms with Crippen molar-refractivity contribution in [2.45, 2.75) is 53.3 Å². The Labute approximate surface area is 332 Å². The number of halogens is 6. The Morgan fingerprint density at radius 3 is 1.53 bits per heavy atom. The first-order valence-electron chi connectivity index (χ1n) is 17.9. The van der Waals surface area contributed by atoms with Crippen LogP contribution in [0.15, 0.2) is 119 Å². The summed E-state index contributed by atoms with van der Waals surface area (Å²) in [5, 5.41) is 14.0. The summed E-state index contributed by atoms with van der Waals surface area (Å²) in [7, 11) is 0. The molecule has 0 saturated heterocycles. The average molecular weight is 819 g/mol. The molecule has 6 rings (SSSR count). The van der Waals surface area contributed by atoms with Crippen LogP contribution in [0.4, 0.5) is 49.1 Å². The highest BCUT2D eigenvalue weighted by Gasteiger charge is 2.34. The van der Waals surface area contributed by atoms with Crippen molar-refractivity contribution in [3.8, 4) is 28.3 Å². The smallest absolute Gasteiger partial charge is 0.406 e. The van der Waals surface area contributed by atoms with E-state index >= 15 is 0 Å². The van der Waals surface area contributed by atoms with Gasteiger partial charge in [-0.1, -0.05) is 78.9 Å². The Kier molecular flexibility index (Phi) is 13.2. The van der Waals surface area contributed by atoms with E-state index in [-0.39, 0.29) is 52.7 Å². The zero-order valence-electron chi connectivity index (χ0n) is 31.9. The summed E-state index contributed by atoms with van der Waals surface area (Å²) in [6.45, 7) is 6.38. The number of carbonyl (C=O) groups excluding carboxylic acids is 2. The standard InChI is InChI=1S/C21H18F3N3O3.C21H18F3N3O2/c1-3-27-20(29)19(25-15-10-7-11-16(12-15)30-21(22,23)24)17(13(2)28)18(26-27)14-8-5-4-6-9-14;1-3-27-20(29)19(25-16-12-8-7-11-15(16)21(22,23)24)17(13(2)28)18(26-27)14-9-5-4-6-10-14/h4-12,25H,3H2,1-2H3;4-12,25H,3H2,1-2H3. The minimum atomic E-state index is -4.85. The number of anilines is 4. The van der Waals surface area contributed by atoms with Crippen molar-refractivity contribution in [2.24, 2.45) is 0 Å². The van der Waals surface area contributed by atoms with Crippen molar-refractivity contribution in [3.05, 3.63) is 147 Å². The van der Waals surface area contributed by atoms with Crippen LogP contribution in [0.25, 0.3) is 22.5 Å². The highest BCUT2D eigenvalue weighted by atomic mass is 19.4. The number of rotatable bonds is 11. The van der Waals surface area contributed by atoms with Gasteiger partial charge in [-0.2, -0.15) is 23.4 Å². The molecule has 2 heterocycles. The molecule has 0 saturated carbocycles. The van der Waals surface area contributed by atoms with Crippen molar-refractivity contribution in [3.63, 3.8) is 0 Å². The van der Waals surface area contributed by atoms with Crippen molar-refractivity contribution in [2.75, 3.05) is 10.6 Å². The van der Waals surface area contributed by atoms with E-state index in [1.165, 1.54) is 48.9 Å². The van der Waals surface area contributed by atoms with Gasteiger partial charge in [-0.05, 0) is 52.0 Å². The number of nitrogens with zero attached hydrogens (tertiary/aromatic N) is 4. The first-order valence-corrected chi connectivity index (χ1v) is 17.9. The van der Waals surface area contributed by atoms with Gasteiger partial charge in [-0.25, -0.2) is 9.36 Å². The number of alkyl halides is 6. The first-order chi connectivity index (χ1) is 27.9. The number of para-hydroxylation sites is 1. The van der Waals surface area contributed by atoms with Crippen molar-refractivity contribution in [1.29, 1.82) is 0 Å². The topological polar surface area (TPSA) is 137 Å². The molecular formula is C42H36F6N6O5. The van der Waals surface area contributed by atoms with E-state index in [1.807, 2.05) is 0 Å². The van der Waals surface area contributed by atoms with Crippen LogP contribution in [0.5, 0.6) is 5.75 Å². The molecule has 0 amide bonds. The molecule has 0 unspecified atom stereocenters. The first kappa shape index (κ1) is 43.1. The van der Waals surface area contributed by atoms with Crippen LogP contribution in [0.2, 0.25) is 0 Å². The number of carbonyl (C=O) groups is 2. The summed E-state index contributed by atoms with van der Waals surface area (Å²) >= 11 is 0. The summed E-state index contributed by atoms with van der Waals surface area (Å²) in [6.07, 6.45) is -9.48. The van der Waals surface area contributed by atoms with E-state index in [1.54, 1.807) is 74.5 Å². The second-order valence-electron chi connectivity index (χ2n) is 12.7. The molecule has 0 aliphatic rings. The molecule has 306 valence electrons. The highest BCUT2D eigenvalue weighted by Crippen LogP contribution is 2.37. The number of aryl methyl sites for hydroxylation is 2. The molecule has 0 atom stereocenters. The highest BCUT2D eigenvalue weighted by molar-refractivity contribution is 6.06. The third-order valence-corrected chi connectivity index (χ3v) is 8.54. The van der Waals surface area contributed by atoms with Crippen LogP contribution in [0, 0.1) is 0 Å². The molecule has 4 aromatic carbocycles. The molecule has 0 bridgehead atoms. The molecule has 0 aliphatic carbocycles. The lowest BCUT2D eigenvalue weighted by molar-refractivity contribution is -0.274. The zero-order chi connectivity index (χ0) is 43.1. The second kappa shape index (κ2) is 18.0. The molecule has 0 radical (unpaired) electrons. The third-order valence-electron chi connectivity index (χ3n) is 8.54. The van der Waals surface area contributed by atoms with E-state index in [2.05, 4.69) is 25.6 Å². The molecule has 2 aromatic heterocycles. The zero-order valence-corrected chi connectivity index (χ0v) is 31.9. The quantitative estimate of drug-likeness (QED) is 0.0967. The van der Waals surface area contributed by atoms with E-state index in [0.29, 0.717) is 16.8 Å². The van der Waals surface area contributed by atoms with Crippen molar-refractivity contribution >= 4 is 34.3 Å². The van der Waals surface area contributed by atoms with Gasteiger partial charge in [0.25, 0.3) is 11.1 Å². The second-order valence-corrected chi connectivity index (χ2v) is 12.7.